The highest BCUT2D eigenvalue weighted by Gasteiger charge is 2.35. The van der Waals surface area contributed by atoms with E-state index in [0.717, 1.165) is 0 Å². The molecule has 0 aliphatic heterocycles. The van der Waals surface area contributed by atoms with E-state index in [1.807, 2.05) is 0 Å². The molecule has 3 heteroatoms. The van der Waals surface area contributed by atoms with Crippen LogP contribution in [0.25, 0.3) is 0 Å². The molecule has 0 saturated heterocycles. The molecule has 0 aromatic heterocycles. The first-order valence-electron chi connectivity index (χ1n) is 3.38. The lowest BCUT2D eigenvalue weighted by atomic mass is 9.98. The number of hydrogen-bond acceptors (Lipinski definition) is 2. The topological polar surface area (TPSA) is 54.4 Å². The summed E-state index contributed by atoms with van der Waals surface area (Å²) in [5.74, 6) is -1.43. The van der Waals surface area contributed by atoms with Crippen LogP contribution in [0, 0.1) is 11.8 Å². The average Bonchev–Trinajstić information content (AvgIpc) is 2.14. The summed E-state index contributed by atoms with van der Waals surface area (Å²) in [6.07, 6.45) is 0.966. The minimum atomic E-state index is -0.835. The number of ketones is 1. The summed E-state index contributed by atoms with van der Waals surface area (Å²) in [6.45, 7) is 1.69. The van der Waals surface area contributed by atoms with E-state index in [1.54, 1.807) is 6.92 Å². The molecule has 0 heterocycles. The Morgan fingerprint density at radius 2 is 2.30 bits per heavy atom. The molecule has 0 amide bonds. The summed E-state index contributed by atoms with van der Waals surface area (Å²) in [6, 6.07) is 0. The zero-order valence-corrected chi connectivity index (χ0v) is 5.83. The molecule has 1 N–H and O–H groups in total. The van der Waals surface area contributed by atoms with Gasteiger partial charge in [-0.2, -0.15) is 0 Å². The maximum atomic E-state index is 10.8. The van der Waals surface area contributed by atoms with Gasteiger partial charge in [-0.1, -0.05) is 6.92 Å². The number of carbonyl (C=O) groups is 2. The van der Waals surface area contributed by atoms with Crippen molar-refractivity contribution in [3.05, 3.63) is 0 Å². The fraction of sp³-hybridized carbons (Fsp3) is 0.714. The average molecular weight is 142 g/mol. The molecule has 0 aromatic rings. The largest absolute Gasteiger partial charge is 0.481 e. The predicted molar refractivity (Wildman–Crippen MR) is 34.5 cm³/mol. The molecule has 1 rings (SSSR count). The molecular weight excluding hydrogens is 132 g/mol. The third-order valence-corrected chi connectivity index (χ3v) is 2.13. The van der Waals surface area contributed by atoms with Crippen molar-refractivity contribution in [1.82, 2.24) is 0 Å². The Morgan fingerprint density at radius 3 is 2.50 bits per heavy atom. The molecule has 0 aromatic carbocycles. The number of rotatable bonds is 1. The minimum Gasteiger partial charge on any atom is -0.481 e. The third-order valence-electron chi connectivity index (χ3n) is 2.13. The van der Waals surface area contributed by atoms with Crippen LogP contribution in [-0.2, 0) is 9.59 Å². The van der Waals surface area contributed by atoms with Crippen molar-refractivity contribution in [1.29, 1.82) is 0 Å². The highest BCUT2D eigenvalue weighted by molar-refractivity contribution is 5.89. The number of carboxylic acid groups (broad SMARTS) is 1. The van der Waals surface area contributed by atoms with Gasteiger partial charge >= 0.3 is 5.97 Å². The van der Waals surface area contributed by atoms with Crippen molar-refractivity contribution in [2.75, 3.05) is 0 Å². The molecule has 3 nitrogen and oxygen atoms in total. The quantitative estimate of drug-likeness (QED) is 0.586. The van der Waals surface area contributed by atoms with Gasteiger partial charge in [0.25, 0.3) is 0 Å². The number of carboxylic acids is 1. The minimum absolute atomic E-state index is 0.0902. The van der Waals surface area contributed by atoms with E-state index in [2.05, 4.69) is 0 Å². The van der Waals surface area contributed by atoms with E-state index in [-0.39, 0.29) is 11.7 Å². The van der Waals surface area contributed by atoms with Gasteiger partial charge in [0.2, 0.25) is 0 Å². The van der Waals surface area contributed by atoms with Gasteiger partial charge in [0.1, 0.15) is 5.78 Å². The Balaban J connectivity index is 2.66. The van der Waals surface area contributed by atoms with Crippen LogP contribution in [0.5, 0.6) is 0 Å². The molecule has 1 aliphatic carbocycles. The Labute approximate surface area is 59.0 Å². The maximum Gasteiger partial charge on any atom is 0.307 e. The monoisotopic (exact) mass is 142 g/mol. The van der Waals surface area contributed by atoms with Crippen molar-refractivity contribution in [2.24, 2.45) is 11.8 Å². The molecule has 1 fully saturated rings. The van der Waals surface area contributed by atoms with E-state index in [1.165, 1.54) is 0 Å². The SMILES string of the molecule is C[C@H]1C(=O)CC[C@H]1C(=O)O. The van der Waals surface area contributed by atoms with Crippen molar-refractivity contribution in [3.63, 3.8) is 0 Å². The van der Waals surface area contributed by atoms with E-state index >= 15 is 0 Å². The third kappa shape index (κ3) is 1.03. The van der Waals surface area contributed by atoms with E-state index in [4.69, 9.17) is 5.11 Å². The van der Waals surface area contributed by atoms with E-state index < -0.39 is 11.9 Å². The van der Waals surface area contributed by atoms with Gasteiger partial charge in [-0.15, -0.1) is 0 Å². The van der Waals surface area contributed by atoms with Crippen molar-refractivity contribution >= 4 is 11.8 Å². The fourth-order valence-electron chi connectivity index (χ4n) is 1.34. The zero-order chi connectivity index (χ0) is 7.72. The second-order valence-corrected chi connectivity index (χ2v) is 2.74. The lowest BCUT2D eigenvalue weighted by Gasteiger charge is -2.06. The summed E-state index contributed by atoms with van der Waals surface area (Å²) >= 11 is 0. The fourth-order valence-corrected chi connectivity index (χ4v) is 1.34. The molecule has 2 atom stereocenters. The van der Waals surface area contributed by atoms with Gasteiger partial charge < -0.3 is 5.11 Å². The van der Waals surface area contributed by atoms with Gasteiger partial charge in [0.05, 0.1) is 5.92 Å². The van der Waals surface area contributed by atoms with Crippen molar-refractivity contribution in [2.45, 2.75) is 19.8 Å². The number of carbonyl (C=O) groups excluding carboxylic acids is 1. The highest BCUT2D eigenvalue weighted by Crippen LogP contribution is 2.27. The van der Waals surface area contributed by atoms with Crippen LogP contribution in [0.2, 0.25) is 0 Å². The first-order chi connectivity index (χ1) is 4.63. The van der Waals surface area contributed by atoms with Gasteiger partial charge in [0.15, 0.2) is 0 Å². The van der Waals surface area contributed by atoms with Gasteiger partial charge in [-0.05, 0) is 6.42 Å². The van der Waals surface area contributed by atoms with Gasteiger partial charge in [-0.3, -0.25) is 9.59 Å². The second kappa shape index (κ2) is 2.40. The predicted octanol–water partition coefficient (Wildman–Crippen LogP) is 0.686. The van der Waals surface area contributed by atoms with Crippen molar-refractivity contribution in [3.8, 4) is 0 Å². The lowest BCUT2D eigenvalue weighted by molar-refractivity contribution is -0.144. The molecule has 0 bridgehead atoms. The molecule has 0 spiro atoms. The lowest BCUT2D eigenvalue weighted by Crippen LogP contribution is -2.18. The molecule has 56 valence electrons. The van der Waals surface area contributed by atoms with Crippen LogP contribution < -0.4 is 0 Å². The Bertz CT molecular complexity index is 174. The normalized spacial score (nSPS) is 32.7. The molecule has 0 radical (unpaired) electrons. The van der Waals surface area contributed by atoms with Crippen LogP contribution in [0.3, 0.4) is 0 Å². The van der Waals surface area contributed by atoms with Crippen molar-refractivity contribution < 1.29 is 14.7 Å². The Hall–Kier alpha value is -0.860. The number of Topliss-reactive ketones (excluding diaryl/α,β-unsaturated/α-hetero) is 1. The van der Waals surface area contributed by atoms with E-state index in [0.29, 0.717) is 12.8 Å². The highest BCUT2D eigenvalue weighted by atomic mass is 16.4. The van der Waals surface area contributed by atoms with Crippen LogP contribution in [0.15, 0.2) is 0 Å². The summed E-state index contributed by atoms with van der Waals surface area (Å²) in [5, 5.41) is 8.55. The molecule has 10 heavy (non-hydrogen) atoms. The van der Waals surface area contributed by atoms with Crippen LogP contribution >= 0.6 is 0 Å². The molecule has 1 saturated carbocycles. The summed E-state index contributed by atoms with van der Waals surface area (Å²) in [7, 11) is 0. The first-order valence-corrected chi connectivity index (χ1v) is 3.38. The van der Waals surface area contributed by atoms with Gasteiger partial charge in [-0.25, -0.2) is 0 Å². The van der Waals surface area contributed by atoms with E-state index in [9.17, 15) is 9.59 Å². The smallest absolute Gasteiger partial charge is 0.307 e. The Morgan fingerprint density at radius 1 is 1.70 bits per heavy atom. The summed E-state index contributed by atoms with van der Waals surface area (Å²) in [4.78, 5) is 21.2. The molecule has 1 aliphatic rings. The first kappa shape index (κ1) is 7.25. The number of hydrogen-bond donors (Lipinski definition) is 1. The molecule has 0 unspecified atom stereocenters. The number of aliphatic carboxylic acids is 1. The van der Waals surface area contributed by atoms with Crippen LogP contribution in [-0.4, -0.2) is 16.9 Å². The summed E-state index contributed by atoms with van der Waals surface area (Å²) in [5.41, 5.74) is 0. The van der Waals surface area contributed by atoms with Crippen LogP contribution in [0.1, 0.15) is 19.8 Å². The second-order valence-electron chi connectivity index (χ2n) is 2.74. The Kier molecular flexibility index (Phi) is 1.74. The maximum absolute atomic E-state index is 10.8. The van der Waals surface area contributed by atoms with Gasteiger partial charge in [0, 0.05) is 12.3 Å². The molecular formula is C7H10O3. The van der Waals surface area contributed by atoms with Crippen LogP contribution in [0.4, 0.5) is 0 Å². The standard InChI is InChI=1S/C7H10O3/c1-4-5(7(9)10)2-3-6(4)8/h4-5H,2-3H2,1H3,(H,9,10)/t4-,5-/m1/s1. The summed E-state index contributed by atoms with van der Waals surface area (Å²) < 4.78 is 0. The zero-order valence-electron chi connectivity index (χ0n) is 5.83.